The van der Waals surface area contributed by atoms with Gasteiger partial charge in [0.05, 0.1) is 51.0 Å². The van der Waals surface area contributed by atoms with Gasteiger partial charge in [-0.1, -0.05) is 26.0 Å². The van der Waals surface area contributed by atoms with Crippen molar-refractivity contribution in [2.45, 2.75) is 65.5 Å². The van der Waals surface area contributed by atoms with Gasteiger partial charge >= 0.3 is 24.1 Å². The van der Waals surface area contributed by atoms with Gasteiger partial charge in [-0.25, -0.2) is 9.59 Å². The van der Waals surface area contributed by atoms with E-state index in [0.717, 1.165) is 11.1 Å². The highest BCUT2D eigenvalue weighted by Gasteiger charge is 2.21. The maximum atomic E-state index is 12.9. The van der Waals surface area contributed by atoms with Crippen molar-refractivity contribution in [3.63, 3.8) is 0 Å². The molecular formula is C44H44N2O12. The highest BCUT2D eigenvalue weighted by atomic mass is 16.6. The zero-order valence-corrected chi connectivity index (χ0v) is 32.1. The van der Waals surface area contributed by atoms with Crippen LogP contribution in [0.5, 0.6) is 23.0 Å². The Kier molecular flexibility index (Phi) is 14.2. The van der Waals surface area contributed by atoms with E-state index in [1.807, 2.05) is 12.1 Å². The first-order valence-corrected chi connectivity index (χ1v) is 18.8. The Morgan fingerprint density at radius 2 is 0.879 bits per heavy atom. The molecular weight excluding hydrogens is 748 g/mol. The van der Waals surface area contributed by atoms with E-state index in [1.54, 1.807) is 72.8 Å². The number of nitrogens with one attached hydrogen (secondary N) is 2. The second-order valence-corrected chi connectivity index (χ2v) is 13.7. The standard InChI is InChI=1S/C44H44N2O12/c1-29(23-31-12-16-38(57-43(49)45-27-35-9-5-21-53-35)39(25-31)56-42(48)18-14-34-8-4-20-52-34)30(2)24-32-11-15-37(55-41(47)17-13-33-7-3-19-51-33)40(26-32)58-44(50)46-28-36-10-6-22-54-36/h3-12,15-16,19-22,25-26,29-30H,13-14,17-18,23-24,27-28H2,1-2H3,(H,45,49)(H,46,50)/t29-,30+/m0/s1. The molecule has 0 saturated carbocycles. The first kappa shape index (κ1) is 40.7. The van der Waals surface area contributed by atoms with Crippen LogP contribution in [0.1, 0.15) is 60.9 Å². The predicted octanol–water partition coefficient (Wildman–Crippen LogP) is 8.77. The van der Waals surface area contributed by atoms with E-state index in [9.17, 15) is 19.2 Å². The third-order valence-electron chi connectivity index (χ3n) is 9.24. The normalized spacial score (nSPS) is 12.0. The fourth-order valence-corrected chi connectivity index (χ4v) is 5.96. The molecule has 2 aromatic carbocycles. The second kappa shape index (κ2) is 20.3. The molecule has 58 heavy (non-hydrogen) atoms. The topological polar surface area (TPSA) is 182 Å². The molecule has 0 fully saturated rings. The first-order chi connectivity index (χ1) is 28.2. The number of carbonyl (C=O) groups excluding carboxylic acids is 4. The smallest absolute Gasteiger partial charge is 0.413 e. The van der Waals surface area contributed by atoms with E-state index in [2.05, 4.69) is 24.5 Å². The van der Waals surface area contributed by atoms with Crippen molar-refractivity contribution < 1.29 is 55.8 Å². The quantitative estimate of drug-likeness (QED) is 0.0589. The SMILES string of the molecule is C[C@H](Cc1ccc(OC(=O)CCc2ccco2)c(OC(=O)NCc2ccco2)c1)[C@@H](C)Cc1ccc(OC(=O)NCc2ccco2)c(OC(=O)CCc2ccco2)c1. The Morgan fingerprint density at radius 3 is 1.31 bits per heavy atom. The van der Waals surface area contributed by atoms with Gasteiger partial charge in [0.15, 0.2) is 23.0 Å². The van der Waals surface area contributed by atoms with Crippen LogP contribution in [0.4, 0.5) is 9.59 Å². The molecule has 2 N–H and O–H groups in total. The summed E-state index contributed by atoms with van der Waals surface area (Å²) in [5, 5.41) is 5.26. The van der Waals surface area contributed by atoms with Gasteiger partial charge in [-0.15, -0.1) is 0 Å². The van der Waals surface area contributed by atoms with Crippen LogP contribution in [0.15, 0.2) is 128 Å². The van der Waals surface area contributed by atoms with Gasteiger partial charge in [0.2, 0.25) is 0 Å². The molecule has 302 valence electrons. The van der Waals surface area contributed by atoms with Crippen molar-refractivity contribution in [1.82, 2.24) is 10.6 Å². The highest BCUT2D eigenvalue weighted by molar-refractivity contribution is 5.76. The van der Waals surface area contributed by atoms with Gasteiger partial charge < -0.3 is 47.2 Å². The van der Waals surface area contributed by atoms with E-state index in [1.165, 1.54) is 25.1 Å². The van der Waals surface area contributed by atoms with Gasteiger partial charge in [0, 0.05) is 12.8 Å². The van der Waals surface area contributed by atoms with Gasteiger partial charge in [-0.3, -0.25) is 9.59 Å². The molecule has 0 radical (unpaired) electrons. The molecule has 0 bridgehead atoms. The number of hydrogen-bond donors (Lipinski definition) is 2. The number of hydrogen-bond acceptors (Lipinski definition) is 12. The molecule has 0 saturated heterocycles. The minimum absolute atomic E-state index is 0.0512. The van der Waals surface area contributed by atoms with E-state index in [0.29, 0.717) is 48.7 Å². The van der Waals surface area contributed by atoms with Crippen LogP contribution in [0.3, 0.4) is 0 Å². The van der Waals surface area contributed by atoms with Crippen molar-refractivity contribution in [3.05, 3.63) is 144 Å². The van der Waals surface area contributed by atoms with Crippen LogP contribution < -0.4 is 29.6 Å². The Morgan fingerprint density at radius 1 is 0.500 bits per heavy atom. The van der Waals surface area contributed by atoms with E-state index in [4.69, 9.17) is 36.6 Å². The largest absolute Gasteiger partial charge is 0.469 e. The van der Waals surface area contributed by atoms with Crippen LogP contribution in [0.2, 0.25) is 0 Å². The lowest BCUT2D eigenvalue weighted by Gasteiger charge is -2.21. The molecule has 2 amide bonds. The summed E-state index contributed by atoms with van der Waals surface area (Å²) in [6.07, 6.45) is 6.58. The second-order valence-electron chi connectivity index (χ2n) is 13.7. The molecule has 6 rings (SSSR count). The Balaban J connectivity index is 1.11. The monoisotopic (exact) mass is 792 g/mol. The Labute approximate surface area is 334 Å². The van der Waals surface area contributed by atoms with Crippen molar-refractivity contribution in [3.8, 4) is 23.0 Å². The van der Waals surface area contributed by atoms with Crippen LogP contribution in [0, 0.1) is 11.8 Å². The molecule has 0 aliphatic rings. The van der Waals surface area contributed by atoms with Crippen LogP contribution in [-0.4, -0.2) is 24.1 Å². The first-order valence-electron chi connectivity index (χ1n) is 18.8. The van der Waals surface area contributed by atoms with Gasteiger partial charge in [0.1, 0.15) is 23.0 Å². The molecule has 0 aliphatic heterocycles. The third-order valence-corrected chi connectivity index (χ3v) is 9.24. The lowest BCUT2D eigenvalue weighted by Crippen LogP contribution is -2.26. The number of carbonyl (C=O) groups is 4. The fraction of sp³-hybridized carbons (Fsp3) is 0.273. The summed E-state index contributed by atoms with van der Waals surface area (Å²) in [6.45, 7) is 4.42. The summed E-state index contributed by atoms with van der Waals surface area (Å²) >= 11 is 0. The predicted molar refractivity (Wildman–Crippen MR) is 207 cm³/mol. The van der Waals surface area contributed by atoms with E-state index >= 15 is 0 Å². The maximum absolute atomic E-state index is 12.9. The summed E-state index contributed by atoms with van der Waals surface area (Å²) < 4.78 is 43.8. The summed E-state index contributed by atoms with van der Waals surface area (Å²) in [7, 11) is 0. The highest BCUT2D eigenvalue weighted by Crippen LogP contribution is 2.34. The number of furan rings is 4. The minimum atomic E-state index is -0.747. The van der Waals surface area contributed by atoms with Crippen LogP contribution in [-0.2, 0) is 48.4 Å². The molecule has 14 heteroatoms. The Hall–Kier alpha value is -6.96. The molecule has 0 aliphatic carbocycles. The van der Waals surface area contributed by atoms with Crippen molar-refractivity contribution in [1.29, 1.82) is 0 Å². The minimum Gasteiger partial charge on any atom is -0.469 e. The molecule has 0 spiro atoms. The van der Waals surface area contributed by atoms with Gasteiger partial charge in [-0.05, 0) is 109 Å². The molecule has 4 aromatic heterocycles. The third kappa shape index (κ3) is 12.5. The van der Waals surface area contributed by atoms with Gasteiger partial charge in [0.25, 0.3) is 0 Å². The van der Waals surface area contributed by atoms with Crippen LogP contribution >= 0.6 is 0 Å². The average Bonchev–Trinajstić information content (AvgIpc) is 4.06. The average molecular weight is 793 g/mol. The lowest BCUT2D eigenvalue weighted by molar-refractivity contribution is -0.135. The number of aryl methyl sites for hydroxylation is 2. The summed E-state index contributed by atoms with van der Waals surface area (Å²) in [5.74, 6) is 1.93. The number of amides is 2. The van der Waals surface area contributed by atoms with E-state index < -0.39 is 24.1 Å². The summed E-state index contributed by atoms with van der Waals surface area (Å²) in [6, 6.07) is 24.2. The van der Waals surface area contributed by atoms with Gasteiger partial charge in [-0.2, -0.15) is 0 Å². The number of rotatable bonds is 19. The summed E-state index contributed by atoms with van der Waals surface area (Å²) in [5.41, 5.74) is 1.70. The van der Waals surface area contributed by atoms with Crippen molar-refractivity contribution in [2.24, 2.45) is 11.8 Å². The Bertz CT molecular complexity index is 2050. The van der Waals surface area contributed by atoms with Crippen molar-refractivity contribution >= 4 is 24.1 Å². The molecule has 4 heterocycles. The van der Waals surface area contributed by atoms with E-state index in [-0.39, 0.29) is 60.8 Å². The zero-order chi connectivity index (χ0) is 40.7. The molecule has 2 atom stereocenters. The number of benzene rings is 2. The van der Waals surface area contributed by atoms with Crippen molar-refractivity contribution in [2.75, 3.05) is 0 Å². The fourth-order valence-electron chi connectivity index (χ4n) is 5.96. The zero-order valence-electron chi connectivity index (χ0n) is 32.1. The lowest BCUT2D eigenvalue weighted by atomic mass is 9.85. The molecule has 6 aromatic rings. The molecule has 0 unspecified atom stereocenters. The maximum Gasteiger partial charge on any atom is 0.413 e. The number of esters is 2. The van der Waals surface area contributed by atoms with Crippen LogP contribution in [0.25, 0.3) is 0 Å². The summed E-state index contributed by atoms with van der Waals surface area (Å²) in [4.78, 5) is 51.2. The number of ether oxygens (including phenoxy) is 4. The molecule has 14 nitrogen and oxygen atoms in total.